The number of para-hydroxylation sites is 1. The molecule has 0 aromatic heterocycles. The molecule has 0 amide bonds. The quantitative estimate of drug-likeness (QED) is 0.832. The molecular weight excluding hydrogens is 278 g/mol. The van der Waals surface area contributed by atoms with Crippen LogP contribution in [0.3, 0.4) is 0 Å². The highest BCUT2D eigenvalue weighted by molar-refractivity contribution is 7.91. The van der Waals surface area contributed by atoms with Crippen LogP contribution >= 0.6 is 0 Å². The van der Waals surface area contributed by atoms with Crippen molar-refractivity contribution >= 4 is 21.5 Å². The van der Waals surface area contributed by atoms with Gasteiger partial charge in [0, 0.05) is 12.6 Å². The molecule has 1 aliphatic carbocycles. The molecule has 6 heteroatoms. The molecule has 0 radical (unpaired) electrons. The first-order valence-corrected chi connectivity index (χ1v) is 8.41. The Kier molecular flexibility index (Phi) is 4.32. The molecule has 1 aliphatic rings. The van der Waals surface area contributed by atoms with Gasteiger partial charge in [-0.1, -0.05) is 19.1 Å². The molecule has 1 aromatic carbocycles. The van der Waals surface area contributed by atoms with Crippen LogP contribution < -0.4 is 4.90 Å². The van der Waals surface area contributed by atoms with Crippen molar-refractivity contribution in [2.45, 2.75) is 37.1 Å². The van der Waals surface area contributed by atoms with Gasteiger partial charge in [-0.3, -0.25) is 4.79 Å². The van der Waals surface area contributed by atoms with E-state index in [0.717, 1.165) is 12.8 Å². The van der Waals surface area contributed by atoms with Gasteiger partial charge in [-0.25, -0.2) is 8.42 Å². The van der Waals surface area contributed by atoms with Gasteiger partial charge in [0.15, 0.2) is 9.84 Å². The molecule has 1 N–H and O–H groups in total. The van der Waals surface area contributed by atoms with Crippen molar-refractivity contribution in [3.8, 4) is 0 Å². The van der Waals surface area contributed by atoms with Gasteiger partial charge in [-0.05, 0) is 25.0 Å². The second-order valence-electron chi connectivity index (χ2n) is 4.94. The van der Waals surface area contributed by atoms with Crippen molar-refractivity contribution in [1.29, 1.82) is 0 Å². The van der Waals surface area contributed by atoms with Gasteiger partial charge in [0.05, 0.1) is 22.8 Å². The first-order chi connectivity index (χ1) is 9.45. The highest BCUT2D eigenvalue weighted by Gasteiger charge is 2.32. The molecule has 5 nitrogen and oxygen atoms in total. The Hall–Kier alpha value is -1.56. The van der Waals surface area contributed by atoms with Crippen LogP contribution in [-0.4, -0.2) is 37.8 Å². The smallest absolute Gasteiger partial charge is 0.305 e. The van der Waals surface area contributed by atoms with Crippen molar-refractivity contribution in [3.63, 3.8) is 0 Å². The molecule has 0 aliphatic heterocycles. The van der Waals surface area contributed by atoms with Crippen LogP contribution in [-0.2, 0) is 14.6 Å². The van der Waals surface area contributed by atoms with Crippen molar-refractivity contribution in [2.75, 3.05) is 17.2 Å². The SMILES string of the molecule is CCS(=O)(=O)c1ccccc1N(CCC(=O)O)C1CC1. The molecule has 20 heavy (non-hydrogen) atoms. The average molecular weight is 297 g/mol. The van der Waals surface area contributed by atoms with Crippen LogP contribution in [0.5, 0.6) is 0 Å². The highest BCUT2D eigenvalue weighted by Crippen LogP contribution is 2.35. The van der Waals surface area contributed by atoms with Gasteiger partial charge in [0.25, 0.3) is 0 Å². The van der Waals surface area contributed by atoms with Crippen LogP contribution in [0, 0.1) is 0 Å². The van der Waals surface area contributed by atoms with E-state index in [1.807, 2.05) is 4.90 Å². The number of benzene rings is 1. The van der Waals surface area contributed by atoms with E-state index in [2.05, 4.69) is 0 Å². The van der Waals surface area contributed by atoms with Gasteiger partial charge >= 0.3 is 5.97 Å². The molecule has 0 heterocycles. The number of sulfone groups is 1. The van der Waals surface area contributed by atoms with Gasteiger partial charge in [-0.15, -0.1) is 0 Å². The lowest BCUT2D eigenvalue weighted by molar-refractivity contribution is -0.136. The summed E-state index contributed by atoms with van der Waals surface area (Å²) in [6, 6.07) is 7.13. The Morgan fingerprint density at radius 2 is 2.00 bits per heavy atom. The topological polar surface area (TPSA) is 74.7 Å². The molecule has 0 spiro atoms. The second-order valence-corrected chi connectivity index (χ2v) is 7.19. The second kappa shape index (κ2) is 5.83. The van der Waals surface area contributed by atoms with E-state index in [-0.39, 0.29) is 18.2 Å². The third kappa shape index (κ3) is 3.30. The summed E-state index contributed by atoms with van der Waals surface area (Å²) < 4.78 is 24.3. The largest absolute Gasteiger partial charge is 0.481 e. The first kappa shape index (κ1) is 14.8. The maximum Gasteiger partial charge on any atom is 0.305 e. The summed E-state index contributed by atoms with van der Waals surface area (Å²) in [5.41, 5.74) is 0.637. The van der Waals surface area contributed by atoms with Crippen LogP contribution in [0.4, 0.5) is 5.69 Å². The summed E-state index contributed by atoms with van der Waals surface area (Å²) in [5, 5.41) is 8.84. The Balaban J connectivity index is 2.36. The number of carboxylic acids is 1. The molecular formula is C14H19NO4S. The molecule has 2 rings (SSSR count). The molecule has 0 atom stereocenters. The third-order valence-corrected chi connectivity index (χ3v) is 5.22. The molecule has 0 saturated heterocycles. The summed E-state index contributed by atoms with van der Waals surface area (Å²) in [6.45, 7) is 1.96. The minimum absolute atomic E-state index is 0.0109. The van der Waals surface area contributed by atoms with Gasteiger partial charge < -0.3 is 10.0 Å². The molecule has 0 unspecified atom stereocenters. The van der Waals surface area contributed by atoms with Crippen LogP contribution in [0.2, 0.25) is 0 Å². The number of carboxylic acid groups (broad SMARTS) is 1. The van der Waals surface area contributed by atoms with Crippen molar-refractivity contribution in [2.24, 2.45) is 0 Å². The maximum absolute atomic E-state index is 12.2. The summed E-state index contributed by atoms with van der Waals surface area (Å²) in [5.74, 6) is -0.826. The molecule has 1 fully saturated rings. The van der Waals surface area contributed by atoms with E-state index in [4.69, 9.17) is 5.11 Å². The van der Waals surface area contributed by atoms with Crippen molar-refractivity contribution in [3.05, 3.63) is 24.3 Å². The zero-order valence-corrected chi connectivity index (χ0v) is 12.3. The zero-order chi connectivity index (χ0) is 14.8. The van der Waals surface area contributed by atoms with E-state index in [0.29, 0.717) is 17.1 Å². The Morgan fingerprint density at radius 3 is 2.55 bits per heavy atom. The van der Waals surface area contributed by atoms with Crippen LogP contribution in [0.1, 0.15) is 26.2 Å². The number of carbonyl (C=O) groups is 1. The maximum atomic E-state index is 12.2. The Bertz CT molecular complexity index is 593. The fraction of sp³-hybridized carbons (Fsp3) is 0.500. The van der Waals surface area contributed by atoms with E-state index in [1.54, 1.807) is 31.2 Å². The summed E-state index contributed by atoms with van der Waals surface area (Å²) in [4.78, 5) is 13.0. The molecule has 110 valence electrons. The normalized spacial score (nSPS) is 15.1. The minimum Gasteiger partial charge on any atom is -0.481 e. The minimum atomic E-state index is -3.31. The number of hydrogen-bond acceptors (Lipinski definition) is 4. The monoisotopic (exact) mass is 297 g/mol. The van der Waals surface area contributed by atoms with Crippen molar-refractivity contribution in [1.82, 2.24) is 0 Å². The fourth-order valence-corrected chi connectivity index (χ4v) is 3.32. The van der Waals surface area contributed by atoms with E-state index >= 15 is 0 Å². The van der Waals surface area contributed by atoms with Gasteiger partial charge in [0.1, 0.15) is 0 Å². The molecule has 1 aromatic rings. The average Bonchev–Trinajstić information content (AvgIpc) is 3.24. The summed E-state index contributed by atoms with van der Waals surface area (Å²) in [7, 11) is -3.31. The Morgan fingerprint density at radius 1 is 1.35 bits per heavy atom. The summed E-state index contributed by atoms with van der Waals surface area (Å²) >= 11 is 0. The highest BCUT2D eigenvalue weighted by atomic mass is 32.2. The lowest BCUT2D eigenvalue weighted by Gasteiger charge is -2.26. The van der Waals surface area contributed by atoms with Gasteiger partial charge in [-0.2, -0.15) is 0 Å². The van der Waals surface area contributed by atoms with Crippen LogP contribution in [0.15, 0.2) is 29.2 Å². The zero-order valence-electron chi connectivity index (χ0n) is 11.4. The third-order valence-electron chi connectivity index (χ3n) is 3.44. The predicted octanol–water partition coefficient (Wildman–Crippen LogP) is 1.92. The van der Waals surface area contributed by atoms with E-state index in [9.17, 15) is 13.2 Å². The van der Waals surface area contributed by atoms with E-state index < -0.39 is 15.8 Å². The number of rotatable bonds is 7. The number of anilines is 1. The number of aliphatic carboxylic acids is 1. The van der Waals surface area contributed by atoms with E-state index in [1.165, 1.54) is 0 Å². The first-order valence-electron chi connectivity index (χ1n) is 6.76. The fourth-order valence-electron chi connectivity index (χ4n) is 2.21. The predicted molar refractivity (Wildman–Crippen MR) is 76.8 cm³/mol. The van der Waals surface area contributed by atoms with Crippen LogP contribution in [0.25, 0.3) is 0 Å². The summed E-state index contributed by atoms with van der Waals surface area (Å²) in [6.07, 6.45) is 1.98. The molecule has 0 bridgehead atoms. The van der Waals surface area contributed by atoms with Crippen molar-refractivity contribution < 1.29 is 18.3 Å². The number of nitrogens with zero attached hydrogens (tertiary/aromatic N) is 1. The van der Waals surface area contributed by atoms with Gasteiger partial charge in [0.2, 0.25) is 0 Å². The standard InChI is InChI=1S/C14H19NO4S/c1-2-20(18,19)13-6-4-3-5-12(13)15(11-7-8-11)10-9-14(16)17/h3-6,11H,2,7-10H2,1H3,(H,16,17). The molecule has 1 saturated carbocycles. The lowest BCUT2D eigenvalue weighted by atomic mass is 10.2. The number of hydrogen-bond donors (Lipinski definition) is 1. The Labute approximate surface area is 119 Å². The lowest BCUT2D eigenvalue weighted by Crippen LogP contribution is -2.30.